The second-order valence-corrected chi connectivity index (χ2v) is 15.8. The van der Waals surface area contributed by atoms with Crippen molar-refractivity contribution in [2.45, 2.75) is 0 Å². The van der Waals surface area contributed by atoms with E-state index in [1.54, 1.807) is 0 Å². The van der Waals surface area contributed by atoms with Crippen molar-refractivity contribution in [1.82, 2.24) is 15.0 Å². The summed E-state index contributed by atoms with van der Waals surface area (Å²) >= 11 is 1.87. The average molecular weight is 770 g/mol. The lowest BCUT2D eigenvalue weighted by atomic mass is 9.89. The first-order chi connectivity index (χ1) is 29.2. The second-order valence-electron chi connectivity index (χ2n) is 14.7. The molecule has 9 aromatic carbocycles. The lowest BCUT2D eigenvalue weighted by Crippen LogP contribution is -2.01. The Morgan fingerprint density at radius 2 is 0.763 bits per heavy atom. The molecule has 0 spiro atoms. The molecule has 59 heavy (non-hydrogen) atoms. The fraction of sp³-hybridized carbons (Fsp3) is 0. The Morgan fingerprint density at radius 3 is 1.51 bits per heavy atom. The van der Waals surface area contributed by atoms with Gasteiger partial charge in [-0.1, -0.05) is 206 Å². The van der Waals surface area contributed by atoms with Crippen LogP contribution >= 0.6 is 11.3 Å². The third kappa shape index (κ3) is 6.37. The number of hydrogen-bond acceptors (Lipinski definition) is 4. The van der Waals surface area contributed by atoms with E-state index in [2.05, 4.69) is 170 Å². The first-order valence-corrected chi connectivity index (χ1v) is 20.7. The molecule has 0 radical (unpaired) electrons. The third-order valence-corrected chi connectivity index (χ3v) is 12.4. The fourth-order valence-electron chi connectivity index (χ4n) is 8.30. The Labute approximate surface area is 346 Å². The molecule has 0 bridgehead atoms. The van der Waals surface area contributed by atoms with Crippen LogP contribution in [0.2, 0.25) is 0 Å². The van der Waals surface area contributed by atoms with E-state index >= 15 is 0 Å². The van der Waals surface area contributed by atoms with Gasteiger partial charge < -0.3 is 0 Å². The molecule has 276 valence electrons. The fourth-order valence-corrected chi connectivity index (χ4v) is 9.54. The maximum Gasteiger partial charge on any atom is 0.164 e. The van der Waals surface area contributed by atoms with Crippen LogP contribution in [0, 0.1) is 0 Å². The Bertz CT molecular complexity index is 3300. The highest BCUT2D eigenvalue weighted by atomic mass is 32.1. The van der Waals surface area contributed by atoms with E-state index in [1.807, 2.05) is 53.8 Å². The summed E-state index contributed by atoms with van der Waals surface area (Å²) in [5.41, 5.74) is 12.2. The monoisotopic (exact) mass is 769 g/mol. The minimum atomic E-state index is 0.630. The van der Waals surface area contributed by atoms with E-state index < -0.39 is 0 Å². The quantitative estimate of drug-likeness (QED) is 0.162. The lowest BCUT2D eigenvalue weighted by Gasteiger charge is -2.16. The summed E-state index contributed by atoms with van der Waals surface area (Å²) in [6, 6.07) is 75.2. The maximum atomic E-state index is 5.15. The molecule has 0 N–H and O–H groups in total. The van der Waals surface area contributed by atoms with Gasteiger partial charge in [0.1, 0.15) is 0 Å². The molecule has 0 aliphatic rings. The average Bonchev–Trinajstić information content (AvgIpc) is 3.71. The number of aromatic nitrogens is 3. The van der Waals surface area contributed by atoms with Crippen LogP contribution in [0.4, 0.5) is 0 Å². The van der Waals surface area contributed by atoms with Crippen LogP contribution in [0.1, 0.15) is 0 Å². The van der Waals surface area contributed by atoms with Gasteiger partial charge in [0.2, 0.25) is 0 Å². The molecule has 0 fully saturated rings. The Morgan fingerprint density at radius 1 is 0.271 bits per heavy atom. The number of fused-ring (bicyclic) bond motifs is 4. The van der Waals surface area contributed by atoms with Crippen LogP contribution in [0.5, 0.6) is 0 Å². The molecule has 0 aliphatic heterocycles. The second kappa shape index (κ2) is 14.8. The zero-order chi connectivity index (χ0) is 39.1. The summed E-state index contributed by atoms with van der Waals surface area (Å²) in [4.78, 5) is 15.3. The van der Waals surface area contributed by atoms with Gasteiger partial charge in [0.15, 0.2) is 17.5 Å². The van der Waals surface area contributed by atoms with E-state index in [0.717, 1.165) is 33.4 Å². The van der Waals surface area contributed by atoms with E-state index in [0.29, 0.717) is 17.5 Å². The van der Waals surface area contributed by atoms with E-state index in [9.17, 15) is 0 Å². The van der Waals surface area contributed by atoms with E-state index in [1.165, 1.54) is 58.8 Å². The summed E-state index contributed by atoms with van der Waals surface area (Å²) in [5.74, 6) is 1.91. The molecule has 11 aromatic rings. The SMILES string of the molecule is c1ccc(-c2nc(-c3ccc(-c4c(-c5ccc(-c6cccc7c6sc6ccccc67)cc5)ccc5ccccc45)cc3)nc(-c3ccccc3-c3ccccc3)n2)cc1. The largest absolute Gasteiger partial charge is 0.208 e. The molecule has 0 atom stereocenters. The van der Waals surface area contributed by atoms with Gasteiger partial charge in [0.05, 0.1) is 0 Å². The van der Waals surface area contributed by atoms with Crippen molar-refractivity contribution in [1.29, 1.82) is 0 Å². The minimum absolute atomic E-state index is 0.630. The zero-order valence-electron chi connectivity index (χ0n) is 32.0. The number of rotatable bonds is 7. The molecule has 2 aromatic heterocycles. The topological polar surface area (TPSA) is 38.7 Å². The van der Waals surface area contributed by atoms with Gasteiger partial charge in [-0.15, -0.1) is 11.3 Å². The van der Waals surface area contributed by atoms with Crippen molar-refractivity contribution in [2.75, 3.05) is 0 Å². The first-order valence-electron chi connectivity index (χ1n) is 19.9. The summed E-state index contributed by atoms with van der Waals surface area (Å²) in [6.07, 6.45) is 0. The predicted molar refractivity (Wildman–Crippen MR) is 248 cm³/mol. The van der Waals surface area contributed by atoms with Gasteiger partial charge in [-0.25, -0.2) is 15.0 Å². The number of hydrogen-bond donors (Lipinski definition) is 0. The van der Waals surface area contributed by atoms with Crippen molar-refractivity contribution in [2.24, 2.45) is 0 Å². The van der Waals surface area contributed by atoms with Gasteiger partial charge in [-0.2, -0.15) is 0 Å². The van der Waals surface area contributed by atoms with Crippen molar-refractivity contribution in [3.63, 3.8) is 0 Å². The van der Waals surface area contributed by atoms with Crippen molar-refractivity contribution < 1.29 is 0 Å². The Kier molecular flexibility index (Phi) is 8.68. The summed E-state index contributed by atoms with van der Waals surface area (Å²) in [7, 11) is 0. The molecule has 0 amide bonds. The van der Waals surface area contributed by atoms with Gasteiger partial charge in [-0.3, -0.25) is 0 Å². The highest BCUT2D eigenvalue weighted by Gasteiger charge is 2.18. The highest BCUT2D eigenvalue weighted by Crippen LogP contribution is 2.42. The van der Waals surface area contributed by atoms with E-state index in [4.69, 9.17) is 15.0 Å². The normalized spacial score (nSPS) is 11.4. The number of nitrogens with zero attached hydrogens (tertiary/aromatic N) is 3. The van der Waals surface area contributed by atoms with Gasteiger partial charge in [0, 0.05) is 36.9 Å². The smallest absolute Gasteiger partial charge is 0.164 e. The Balaban J connectivity index is 1.00. The van der Waals surface area contributed by atoms with Gasteiger partial charge in [0.25, 0.3) is 0 Å². The van der Waals surface area contributed by atoms with Gasteiger partial charge >= 0.3 is 0 Å². The van der Waals surface area contributed by atoms with Crippen LogP contribution < -0.4 is 0 Å². The molecule has 0 saturated carbocycles. The Hall–Kier alpha value is -7.53. The lowest BCUT2D eigenvalue weighted by molar-refractivity contribution is 1.07. The van der Waals surface area contributed by atoms with Crippen molar-refractivity contribution in [3.8, 4) is 78.7 Å². The van der Waals surface area contributed by atoms with Crippen LogP contribution in [0.25, 0.3) is 110 Å². The molecule has 2 heterocycles. The van der Waals surface area contributed by atoms with Crippen molar-refractivity contribution in [3.05, 3.63) is 212 Å². The van der Waals surface area contributed by atoms with E-state index in [-0.39, 0.29) is 0 Å². The molecule has 3 nitrogen and oxygen atoms in total. The molecule has 11 rings (SSSR count). The molecular weight excluding hydrogens is 735 g/mol. The zero-order valence-corrected chi connectivity index (χ0v) is 32.8. The highest BCUT2D eigenvalue weighted by molar-refractivity contribution is 7.26. The molecule has 0 saturated heterocycles. The summed E-state index contributed by atoms with van der Waals surface area (Å²) < 4.78 is 2.65. The number of benzene rings is 9. The molecular formula is C55H35N3S. The summed E-state index contributed by atoms with van der Waals surface area (Å²) in [6.45, 7) is 0. The molecule has 4 heteroatoms. The van der Waals surface area contributed by atoms with Crippen LogP contribution in [0.15, 0.2) is 212 Å². The third-order valence-electron chi connectivity index (χ3n) is 11.2. The van der Waals surface area contributed by atoms with Gasteiger partial charge in [-0.05, 0) is 61.3 Å². The first kappa shape index (κ1) is 34.7. The summed E-state index contributed by atoms with van der Waals surface area (Å²) in [5, 5.41) is 5.05. The van der Waals surface area contributed by atoms with Crippen molar-refractivity contribution >= 4 is 42.3 Å². The molecule has 0 aliphatic carbocycles. The van der Waals surface area contributed by atoms with Crippen LogP contribution in [0.3, 0.4) is 0 Å². The van der Waals surface area contributed by atoms with Crippen LogP contribution in [-0.2, 0) is 0 Å². The molecule has 0 unspecified atom stereocenters. The maximum absolute atomic E-state index is 5.15. The van der Waals surface area contributed by atoms with Crippen LogP contribution in [-0.4, -0.2) is 15.0 Å². The minimum Gasteiger partial charge on any atom is -0.208 e. The predicted octanol–water partition coefficient (Wildman–Crippen LogP) is 15.1. The number of thiophene rings is 1. The standard InChI is InChI=1S/C55H35N3S/c1-3-14-36(15-4-1)43-19-9-10-22-49(43)55-57-53(41-17-5-2-6-18-41)56-54(58-55)42-32-30-40(31-33-42)51-44-20-8-7-16-37(44)34-35-45(51)38-26-28-39(29-27-38)46-23-13-24-48-47-21-11-12-25-50(47)59-52(46)48/h1-35H.